The van der Waals surface area contributed by atoms with Crippen molar-refractivity contribution in [1.29, 1.82) is 0 Å². The Morgan fingerprint density at radius 2 is 1.75 bits per heavy atom. The maximum Gasteiger partial charge on any atom is 0.230 e. The highest BCUT2D eigenvalue weighted by Gasteiger charge is 2.46. The molecular weight excluding hydrogens is 246 g/mol. The zero-order valence-electron chi connectivity index (χ0n) is 11.3. The van der Waals surface area contributed by atoms with Crippen LogP contribution in [0, 0.1) is 5.92 Å². The fourth-order valence-corrected chi connectivity index (χ4v) is 3.30. The molecule has 1 aliphatic carbocycles. The molecule has 4 rings (SSSR count). The molecule has 1 fully saturated rings. The van der Waals surface area contributed by atoms with Gasteiger partial charge in [-0.25, -0.2) is 0 Å². The van der Waals surface area contributed by atoms with Crippen LogP contribution in [-0.4, -0.2) is 12.5 Å². The van der Waals surface area contributed by atoms with Crippen LogP contribution in [0.5, 0.6) is 0 Å². The molecule has 1 aliphatic heterocycles. The van der Waals surface area contributed by atoms with Crippen LogP contribution in [-0.2, 0) is 11.2 Å². The van der Waals surface area contributed by atoms with E-state index in [4.69, 9.17) is 0 Å². The van der Waals surface area contributed by atoms with Gasteiger partial charge < -0.3 is 4.90 Å². The summed E-state index contributed by atoms with van der Waals surface area (Å²) in [6.45, 7) is 0.843. The van der Waals surface area contributed by atoms with E-state index in [1.54, 1.807) is 0 Å². The monoisotopic (exact) mass is 263 g/mol. The molecule has 0 spiro atoms. The normalized spacial score (nSPS) is 23.5. The molecule has 100 valence electrons. The van der Waals surface area contributed by atoms with Gasteiger partial charge in [0.1, 0.15) is 0 Å². The van der Waals surface area contributed by atoms with Crippen LogP contribution in [0.15, 0.2) is 54.6 Å². The average Bonchev–Trinajstić information content (AvgIpc) is 3.20. The second-order valence-electron chi connectivity index (χ2n) is 5.73. The molecule has 2 aromatic rings. The summed E-state index contributed by atoms with van der Waals surface area (Å²) >= 11 is 0. The Balaban J connectivity index is 1.53. The van der Waals surface area contributed by atoms with E-state index < -0.39 is 0 Å². The topological polar surface area (TPSA) is 20.3 Å². The second kappa shape index (κ2) is 4.48. The molecular formula is C18H17NO. The Hall–Kier alpha value is -2.09. The lowest BCUT2D eigenvalue weighted by molar-refractivity contribution is -0.119. The first-order valence-corrected chi connectivity index (χ1v) is 7.29. The summed E-state index contributed by atoms with van der Waals surface area (Å²) in [7, 11) is 0. The Morgan fingerprint density at radius 3 is 2.60 bits per heavy atom. The van der Waals surface area contributed by atoms with E-state index in [9.17, 15) is 4.79 Å². The van der Waals surface area contributed by atoms with Crippen molar-refractivity contribution in [3.05, 3.63) is 65.7 Å². The minimum atomic E-state index is 0.184. The van der Waals surface area contributed by atoms with Gasteiger partial charge in [0.25, 0.3) is 0 Å². The molecule has 20 heavy (non-hydrogen) atoms. The third-order valence-electron chi connectivity index (χ3n) is 4.49. The maximum atomic E-state index is 12.7. The van der Waals surface area contributed by atoms with Crippen molar-refractivity contribution < 1.29 is 4.79 Å². The Morgan fingerprint density at radius 1 is 1.00 bits per heavy atom. The van der Waals surface area contributed by atoms with Gasteiger partial charge in [-0.15, -0.1) is 0 Å². The van der Waals surface area contributed by atoms with Crippen LogP contribution in [0.25, 0.3) is 0 Å². The molecule has 0 saturated heterocycles. The second-order valence-corrected chi connectivity index (χ2v) is 5.73. The first-order chi connectivity index (χ1) is 9.84. The lowest BCUT2D eigenvalue weighted by Crippen LogP contribution is -2.30. The van der Waals surface area contributed by atoms with E-state index in [0.717, 1.165) is 25.1 Å². The van der Waals surface area contributed by atoms with Crippen LogP contribution < -0.4 is 4.90 Å². The first-order valence-electron chi connectivity index (χ1n) is 7.29. The lowest BCUT2D eigenvalue weighted by atomic mass is 10.1. The highest BCUT2D eigenvalue weighted by Crippen LogP contribution is 2.49. The summed E-state index contributed by atoms with van der Waals surface area (Å²) in [6.07, 6.45) is 1.99. The highest BCUT2D eigenvalue weighted by molar-refractivity contribution is 5.99. The van der Waals surface area contributed by atoms with Crippen molar-refractivity contribution in [2.75, 3.05) is 11.4 Å². The van der Waals surface area contributed by atoms with E-state index in [2.05, 4.69) is 42.5 Å². The molecule has 1 heterocycles. The molecule has 1 saturated carbocycles. The third kappa shape index (κ3) is 1.83. The Kier molecular flexibility index (Phi) is 2.62. The first kappa shape index (κ1) is 11.7. The van der Waals surface area contributed by atoms with Gasteiger partial charge >= 0.3 is 0 Å². The minimum absolute atomic E-state index is 0.184. The van der Waals surface area contributed by atoms with Crippen LogP contribution in [0.4, 0.5) is 5.69 Å². The lowest BCUT2D eigenvalue weighted by Gasteiger charge is -2.17. The van der Waals surface area contributed by atoms with E-state index in [1.807, 2.05) is 17.0 Å². The van der Waals surface area contributed by atoms with Gasteiger partial charge in [-0.2, -0.15) is 0 Å². The molecule has 0 N–H and O–H groups in total. The smallest absolute Gasteiger partial charge is 0.230 e. The molecule has 2 heteroatoms. The number of para-hydroxylation sites is 1. The molecule has 1 amide bonds. The van der Waals surface area contributed by atoms with Crippen molar-refractivity contribution in [2.24, 2.45) is 5.92 Å². The average molecular weight is 263 g/mol. The number of amides is 1. The number of hydrogen-bond acceptors (Lipinski definition) is 1. The number of rotatable bonds is 2. The molecule has 2 aliphatic rings. The fourth-order valence-electron chi connectivity index (χ4n) is 3.30. The van der Waals surface area contributed by atoms with Gasteiger partial charge in [0.2, 0.25) is 5.91 Å². The van der Waals surface area contributed by atoms with Crippen LogP contribution in [0.1, 0.15) is 23.5 Å². The number of nitrogens with zero attached hydrogens (tertiary/aromatic N) is 1. The van der Waals surface area contributed by atoms with Crippen molar-refractivity contribution >= 4 is 11.6 Å². The third-order valence-corrected chi connectivity index (χ3v) is 4.49. The fraction of sp³-hybridized carbons (Fsp3) is 0.278. The molecule has 2 aromatic carbocycles. The van der Waals surface area contributed by atoms with E-state index >= 15 is 0 Å². The van der Waals surface area contributed by atoms with Gasteiger partial charge in [-0.05, 0) is 36.0 Å². The number of carbonyl (C=O) groups is 1. The van der Waals surface area contributed by atoms with Gasteiger partial charge in [-0.3, -0.25) is 4.79 Å². The summed E-state index contributed by atoms with van der Waals surface area (Å²) in [5.74, 6) is 0.920. The largest absolute Gasteiger partial charge is 0.312 e. The predicted molar refractivity (Wildman–Crippen MR) is 79.8 cm³/mol. The molecule has 0 radical (unpaired) electrons. The standard InChI is InChI=1S/C18H17NO/c20-18(16-12-15(16)13-6-2-1-3-7-13)19-11-10-14-8-4-5-9-17(14)19/h1-9,15-16H,10-12H2/t15-,16+/m0/s1. The summed E-state index contributed by atoms with van der Waals surface area (Å²) in [6, 6.07) is 18.7. The minimum Gasteiger partial charge on any atom is -0.312 e. The van der Waals surface area contributed by atoms with E-state index in [-0.39, 0.29) is 5.92 Å². The molecule has 0 unspecified atom stereocenters. The summed E-state index contributed by atoms with van der Waals surface area (Å²) in [5.41, 5.74) is 3.73. The highest BCUT2D eigenvalue weighted by atomic mass is 16.2. The van der Waals surface area contributed by atoms with Crippen molar-refractivity contribution in [3.63, 3.8) is 0 Å². The quantitative estimate of drug-likeness (QED) is 0.813. The van der Waals surface area contributed by atoms with E-state index in [0.29, 0.717) is 11.8 Å². The van der Waals surface area contributed by atoms with Gasteiger partial charge in [0, 0.05) is 18.2 Å². The zero-order valence-corrected chi connectivity index (χ0v) is 11.3. The SMILES string of the molecule is O=C([C@@H]1C[C@H]1c1ccccc1)N1CCc2ccccc21. The number of hydrogen-bond donors (Lipinski definition) is 0. The van der Waals surface area contributed by atoms with Crippen molar-refractivity contribution in [3.8, 4) is 0 Å². The Labute approximate surface area is 119 Å². The molecule has 2 nitrogen and oxygen atoms in total. The van der Waals surface area contributed by atoms with E-state index in [1.165, 1.54) is 11.1 Å². The number of carbonyl (C=O) groups excluding carboxylic acids is 1. The van der Waals surface area contributed by atoms with Crippen molar-refractivity contribution in [2.45, 2.75) is 18.8 Å². The van der Waals surface area contributed by atoms with Gasteiger partial charge in [-0.1, -0.05) is 48.5 Å². The van der Waals surface area contributed by atoms with Crippen LogP contribution in [0.2, 0.25) is 0 Å². The number of fused-ring (bicyclic) bond motifs is 1. The molecule has 0 aromatic heterocycles. The van der Waals surface area contributed by atoms with Crippen LogP contribution in [0.3, 0.4) is 0 Å². The summed E-state index contributed by atoms with van der Waals surface area (Å²) < 4.78 is 0. The number of benzene rings is 2. The Bertz CT molecular complexity index is 649. The summed E-state index contributed by atoms with van der Waals surface area (Å²) in [5, 5.41) is 0. The van der Waals surface area contributed by atoms with Gasteiger partial charge in [0.05, 0.1) is 0 Å². The zero-order chi connectivity index (χ0) is 13.5. The number of anilines is 1. The van der Waals surface area contributed by atoms with Crippen LogP contribution >= 0.6 is 0 Å². The maximum absolute atomic E-state index is 12.7. The van der Waals surface area contributed by atoms with Gasteiger partial charge in [0.15, 0.2) is 0 Å². The van der Waals surface area contributed by atoms with Crippen molar-refractivity contribution in [1.82, 2.24) is 0 Å². The molecule has 2 atom stereocenters. The molecule has 0 bridgehead atoms. The predicted octanol–water partition coefficient (Wildman–Crippen LogP) is 3.38. The summed E-state index contributed by atoms with van der Waals surface area (Å²) in [4.78, 5) is 14.7.